The highest BCUT2D eigenvalue weighted by Crippen LogP contribution is 2.40. The first-order valence-electron chi connectivity index (χ1n) is 10.5. The number of methoxy groups -OCH3 is 1. The second-order valence-electron chi connectivity index (χ2n) is 7.74. The van der Waals surface area contributed by atoms with Gasteiger partial charge in [-0.15, -0.1) is 0 Å². The molecule has 0 bridgehead atoms. The minimum Gasteiger partial charge on any atom is -0.492 e. The Hall–Kier alpha value is -2.54. The average molecular weight is 442 g/mol. The van der Waals surface area contributed by atoms with Gasteiger partial charge >= 0.3 is 0 Å². The number of benzene rings is 2. The lowest BCUT2D eigenvalue weighted by atomic mass is 9.92. The summed E-state index contributed by atoms with van der Waals surface area (Å²) in [5.74, 6) is 0.815. The topological polar surface area (TPSA) is 55.7 Å². The fourth-order valence-electron chi connectivity index (χ4n) is 4.40. The maximum Gasteiger partial charge on any atom is 0.210 e. The zero-order valence-corrected chi connectivity index (χ0v) is 18.7. The van der Waals surface area contributed by atoms with Crippen molar-refractivity contribution < 1.29 is 14.3 Å². The first kappa shape index (κ1) is 21.7. The molecule has 1 aliphatic rings. The fraction of sp³-hybridized carbons (Fsp3) is 0.375. The van der Waals surface area contributed by atoms with E-state index in [9.17, 15) is 4.79 Å². The number of hydrogen-bond donors (Lipinski definition) is 1. The normalized spacial score (nSPS) is 15.8. The third kappa shape index (κ3) is 4.42. The smallest absolute Gasteiger partial charge is 0.210 e. The van der Waals surface area contributed by atoms with Crippen LogP contribution in [0, 0.1) is 0 Å². The van der Waals surface area contributed by atoms with Crippen molar-refractivity contribution in [3.63, 3.8) is 0 Å². The van der Waals surface area contributed by atoms with Gasteiger partial charge in [-0.05, 0) is 47.9 Å². The summed E-state index contributed by atoms with van der Waals surface area (Å²) < 4.78 is 13.0. The molecule has 0 saturated carbocycles. The largest absolute Gasteiger partial charge is 0.492 e. The molecule has 4 rings (SSSR count). The molecule has 1 unspecified atom stereocenters. The van der Waals surface area contributed by atoms with E-state index in [0.717, 1.165) is 53.5 Å². The van der Waals surface area contributed by atoms with Crippen LogP contribution in [0.5, 0.6) is 5.75 Å². The van der Waals surface area contributed by atoms with E-state index in [0.29, 0.717) is 19.8 Å². The molecule has 6 nitrogen and oxygen atoms in total. The van der Waals surface area contributed by atoms with Gasteiger partial charge in [0, 0.05) is 55.4 Å². The van der Waals surface area contributed by atoms with Crippen molar-refractivity contribution in [2.75, 3.05) is 40.0 Å². The Kier molecular flexibility index (Phi) is 6.80. The fourth-order valence-corrected chi connectivity index (χ4v) is 4.57. The summed E-state index contributed by atoms with van der Waals surface area (Å²) >= 11 is 6.27. The molecule has 0 aliphatic carbocycles. The lowest BCUT2D eigenvalue weighted by molar-refractivity contribution is -0.120. The minimum absolute atomic E-state index is 0.137. The van der Waals surface area contributed by atoms with E-state index in [1.165, 1.54) is 10.9 Å². The summed E-state index contributed by atoms with van der Waals surface area (Å²) in [6.07, 6.45) is 1.77. The zero-order valence-electron chi connectivity index (χ0n) is 17.9. The Labute approximate surface area is 187 Å². The predicted octanol–water partition coefficient (Wildman–Crippen LogP) is 3.55. The molecule has 2 heterocycles. The van der Waals surface area contributed by atoms with Crippen molar-refractivity contribution in [2.45, 2.75) is 12.5 Å². The van der Waals surface area contributed by atoms with Crippen molar-refractivity contribution in [3.8, 4) is 5.75 Å². The first-order chi connectivity index (χ1) is 15.1. The second-order valence-corrected chi connectivity index (χ2v) is 8.18. The molecule has 0 saturated heterocycles. The highest BCUT2D eigenvalue weighted by atomic mass is 35.5. The van der Waals surface area contributed by atoms with Gasteiger partial charge in [-0.1, -0.05) is 23.7 Å². The number of amides is 1. The molecule has 1 aliphatic heterocycles. The lowest BCUT2D eigenvalue weighted by Gasteiger charge is -2.34. The number of carbonyl (C=O) groups is 1. The van der Waals surface area contributed by atoms with E-state index in [1.54, 1.807) is 7.11 Å². The Morgan fingerprint density at radius 1 is 1.16 bits per heavy atom. The van der Waals surface area contributed by atoms with E-state index in [2.05, 4.69) is 35.1 Å². The maximum absolute atomic E-state index is 11.9. The molecule has 164 valence electrons. The third-order valence-corrected chi connectivity index (χ3v) is 6.12. The van der Waals surface area contributed by atoms with Gasteiger partial charge < -0.3 is 24.3 Å². The van der Waals surface area contributed by atoms with Crippen LogP contribution in [0.2, 0.25) is 5.02 Å². The molecule has 31 heavy (non-hydrogen) atoms. The standard InChI is InChI=1S/C24H28ClN3O3/c1-27-22-8-5-18(25)15-21(22)20-9-12-28(16-29)23(24(20)27)17-3-6-19(7-4-17)31-14-11-26-10-13-30-2/h3-8,15-16,23,26H,9-14H2,1-2H3. The zero-order chi connectivity index (χ0) is 21.8. The van der Waals surface area contributed by atoms with Crippen LogP contribution in [0.4, 0.5) is 0 Å². The molecule has 0 spiro atoms. The minimum atomic E-state index is -0.137. The molecule has 0 radical (unpaired) electrons. The van der Waals surface area contributed by atoms with Gasteiger partial charge in [-0.25, -0.2) is 0 Å². The predicted molar refractivity (Wildman–Crippen MR) is 123 cm³/mol. The van der Waals surface area contributed by atoms with Gasteiger partial charge in [0.05, 0.1) is 12.6 Å². The summed E-state index contributed by atoms with van der Waals surface area (Å²) in [6, 6.07) is 13.9. The number of aryl methyl sites for hydroxylation is 1. The molecule has 2 aromatic carbocycles. The monoisotopic (exact) mass is 441 g/mol. The number of rotatable bonds is 9. The summed E-state index contributed by atoms with van der Waals surface area (Å²) in [4.78, 5) is 13.8. The van der Waals surface area contributed by atoms with Gasteiger partial charge in [-0.2, -0.15) is 0 Å². The lowest BCUT2D eigenvalue weighted by Crippen LogP contribution is -2.35. The number of hydrogen-bond acceptors (Lipinski definition) is 4. The number of nitrogens with one attached hydrogen (secondary N) is 1. The van der Waals surface area contributed by atoms with Crippen molar-refractivity contribution in [3.05, 3.63) is 64.3 Å². The summed E-state index contributed by atoms with van der Waals surface area (Å²) in [5.41, 5.74) is 4.61. The van der Waals surface area contributed by atoms with Crippen molar-refractivity contribution in [1.82, 2.24) is 14.8 Å². The Balaban J connectivity index is 1.57. The van der Waals surface area contributed by atoms with E-state index in [4.69, 9.17) is 21.1 Å². The molecular formula is C24H28ClN3O3. The molecule has 1 aromatic heterocycles. The SMILES string of the molecule is COCCNCCOc1ccc(C2c3c(c4cc(Cl)ccc4n3C)CCN2C=O)cc1. The van der Waals surface area contributed by atoms with Crippen LogP contribution in [0.1, 0.15) is 22.9 Å². The molecule has 0 fully saturated rings. The van der Waals surface area contributed by atoms with Crippen LogP contribution >= 0.6 is 11.6 Å². The molecular weight excluding hydrogens is 414 g/mol. The van der Waals surface area contributed by atoms with Gasteiger partial charge in [0.2, 0.25) is 6.41 Å². The van der Waals surface area contributed by atoms with Crippen molar-refractivity contribution in [2.24, 2.45) is 7.05 Å². The van der Waals surface area contributed by atoms with E-state index in [1.807, 2.05) is 29.2 Å². The molecule has 7 heteroatoms. The first-order valence-corrected chi connectivity index (χ1v) is 10.9. The van der Waals surface area contributed by atoms with E-state index < -0.39 is 0 Å². The number of aromatic nitrogens is 1. The number of halogens is 1. The van der Waals surface area contributed by atoms with Crippen LogP contribution < -0.4 is 10.1 Å². The number of fused-ring (bicyclic) bond motifs is 3. The number of ether oxygens (including phenoxy) is 2. The van der Waals surface area contributed by atoms with Crippen LogP contribution in [0.25, 0.3) is 10.9 Å². The highest BCUT2D eigenvalue weighted by molar-refractivity contribution is 6.31. The van der Waals surface area contributed by atoms with Crippen molar-refractivity contribution >= 4 is 28.9 Å². The highest BCUT2D eigenvalue weighted by Gasteiger charge is 2.32. The summed E-state index contributed by atoms with van der Waals surface area (Å²) in [5, 5.41) is 5.16. The quantitative estimate of drug-likeness (QED) is 0.407. The van der Waals surface area contributed by atoms with Crippen LogP contribution in [0.15, 0.2) is 42.5 Å². The van der Waals surface area contributed by atoms with Crippen LogP contribution in [0.3, 0.4) is 0 Å². The van der Waals surface area contributed by atoms with Gasteiger partial charge in [0.25, 0.3) is 0 Å². The third-order valence-electron chi connectivity index (χ3n) is 5.89. The van der Waals surface area contributed by atoms with Gasteiger partial charge in [0.1, 0.15) is 12.4 Å². The molecule has 1 amide bonds. The Bertz CT molecular complexity index is 1050. The van der Waals surface area contributed by atoms with Gasteiger partial charge in [0.15, 0.2) is 0 Å². The molecule has 1 atom stereocenters. The summed E-state index contributed by atoms with van der Waals surface area (Å²) in [7, 11) is 3.75. The number of carbonyl (C=O) groups excluding carboxylic acids is 1. The second kappa shape index (κ2) is 9.73. The molecule has 3 aromatic rings. The van der Waals surface area contributed by atoms with Crippen LogP contribution in [-0.2, 0) is 23.0 Å². The number of nitrogens with zero attached hydrogens (tertiary/aromatic N) is 2. The maximum atomic E-state index is 11.9. The van der Waals surface area contributed by atoms with E-state index >= 15 is 0 Å². The van der Waals surface area contributed by atoms with E-state index in [-0.39, 0.29) is 6.04 Å². The Morgan fingerprint density at radius 3 is 2.68 bits per heavy atom. The van der Waals surface area contributed by atoms with Crippen LogP contribution in [-0.4, -0.2) is 55.8 Å². The Morgan fingerprint density at radius 2 is 1.94 bits per heavy atom. The summed E-state index contributed by atoms with van der Waals surface area (Å²) in [6.45, 7) is 3.51. The molecule has 1 N–H and O–H groups in total. The average Bonchev–Trinajstić information content (AvgIpc) is 3.07. The van der Waals surface area contributed by atoms with Crippen molar-refractivity contribution in [1.29, 1.82) is 0 Å². The van der Waals surface area contributed by atoms with Gasteiger partial charge in [-0.3, -0.25) is 4.79 Å².